The minimum atomic E-state index is -0.333. The van der Waals surface area contributed by atoms with Gasteiger partial charge in [0.25, 0.3) is 0 Å². The van der Waals surface area contributed by atoms with Gasteiger partial charge in [-0.05, 0) is 41.8 Å². The molecule has 2 N–H and O–H groups in total. The van der Waals surface area contributed by atoms with Crippen LogP contribution in [0.5, 0.6) is 5.75 Å². The number of aryl methyl sites for hydroxylation is 1. The molecule has 6 nitrogen and oxygen atoms in total. The molecule has 1 amide bonds. The smallest absolute Gasteiger partial charge is 0.221 e. The predicted octanol–water partition coefficient (Wildman–Crippen LogP) is 3.49. The van der Waals surface area contributed by atoms with E-state index in [0.29, 0.717) is 6.54 Å². The molecule has 0 atom stereocenters. The summed E-state index contributed by atoms with van der Waals surface area (Å²) in [5.74, 6) is 0.501. The van der Waals surface area contributed by atoms with Crippen LogP contribution in [0.15, 0.2) is 60.8 Å². The molecule has 0 bridgehead atoms. The highest BCUT2D eigenvalue weighted by molar-refractivity contribution is 5.83. The maximum atomic E-state index is 11.1. The van der Waals surface area contributed by atoms with Crippen LogP contribution in [-0.4, -0.2) is 27.8 Å². The van der Waals surface area contributed by atoms with Gasteiger partial charge in [-0.2, -0.15) is 5.10 Å². The first kappa shape index (κ1) is 18.7. The van der Waals surface area contributed by atoms with Crippen LogP contribution in [0.3, 0.4) is 0 Å². The molecule has 29 heavy (non-hydrogen) atoms. The van der Waals surface area contributed by atoms with Gasteiger partial charge in [0.1, 0.15) is 5.75 Å². The molecule has 0 spiro atoms. The largest absolute Gasteiger partial charge is 0.497 e. The lowest BCUT2D eigenvalue weighted by Gasteiger charge is -2.06. The highest BCUT2D eigenvalue weighted by Gasteiger charge is 2.11. The molecule has 4 aromatic rings. The number of fused-ring (bicyclic) bond motifs is 1. The van der Waals surface area contributed by atoms with E-state index in [1.54, 1.807) is 7.11 Å². The number of nitrogens with two attached hydrogens (primary N) is 1. The SMILES string of the molecule is COc1ccc(Cn2nc(C)c3cc(-c4ccc(CC(N)=O)cc4)cnc32)cc1. The number of methoxy groups -OCH3 is 1. The highest BCUT2D eigenvalue weighted by Crippen LogP contribution is 2.25. The molecule has 2 heterocycles. The fraction of sp³-hybridized carbons (Fsp3) is 0.174. The molecular formula is C23H22N4O2. The van der Waals surface area contributed by atoms with Gasteiger partial charge in [0.15, 0.2) is 5.65 Å². The number of carbonyl (C=O) groups is 1. The van der Waals surface area contributed by atoms with Gasteiger partial charge in [0, 0.05) is 17.1 Å². The van der Waals surface area contributed by atoms with Crippen molar-refractivity contribution in [2.24, 2.45) is 5.73 Å². The number of pyridine rings is 1. The van der Waals surface area contributed by atoms with Crippen LogP contribution in [0.1, 0.15) is 16.8 Å². The zero-order valence-electron chi connectivity index (χ0n) is 16.4. The Bertz CT molecular complexity index is 1160. The molecule has 0 radical (unpaired) electrons. The summed E-state index contributed by atoms with van der Waals surface area (Å²) in [5, 5.41) is 5.71. The van der Waals surface area contributed by atoms with E-state index in [1.165, 1.54) is 0 Å². The van der Waals surface area contributed by atoms with E-state index in [9.17, 15) is 4.79 Å². The number of nitrogens with zero attached hydrogens (tertiary/aromatic N) is 3. The third-order valence-corrected chi connectivity index (χ3v) is 4.93. The van der Waals surface area contributed by atoms with Crippen molar-refractivity contribution in [1.82, 2.24) is 14.8 Å². The van der Waals surface area contributed by atoms with E-state index in [4.69, 9.17) is 10.5 Å². The van der Waals surface area contributed by atoms with Gasteiger partial charge >= 0.3 is 0 Å². The molecule has 2 aromatic heterocycles. The first-order chi connectivity index (χ1) is 14.0. The number of rotatable bonds is 6. The minimum absolute atomic E-state index is 0.245. The Kier molecular flexibility index (Phi) is 4.99. The summed E-state index contributed by atoms with van der Waals surface area (Å²) in [6.07, 6.45) is 2.10. The third-order valence-electron chi connectivity index (χ3n) is 4.93. The average Bonchev–Trinajstić information content (AvgIpc) is 3.03. The fourth-order valence-electron chi connectivity index (χ4n) is 3.40. The summed E-state index contributed by atoms with van der Waals surface area (Å²) < 4.78 is 7.14. The number of hydrogen-bond donors (Lipinski definition) is 1. The Morgan fingerprint density at radius 2 is 1.72 bits per heavy atom. The number of ether oxygens (including phenoxy) is 1. The highest BCUT2D eigenvalue weighted by atomic mass is 16.5. The van der Waals surface area contributed by atoms with Gasteiger partial charge in [0.05, 0.1) is 25.8 Å². The maximum Gasteiger partial charge on any atom is 0.221 e. The summed E-state index contributed by atoms with van der Waals surface area (Å²) in [6, 6.07) is 17.9. The van der Waals surface area contributed by atoms with Crippen LogP contribution in [0, 0.1) is 6.92 Å². The van der Waals surface area contributed by atoms with Crippen molar-refractivity contribution in [3.05, 3.63) is 77.6 Å². The Hall–Kier alpha value is -3.67. The van der Waals surface area contributed by atoms with Crippen LogP contribution in [0.25, 0.3) is 22.2 Å². The van der Waals surface area contributed by atoms with Crippen LogP contribution in [0.2, 0.25) is 0 Å². The lowest BCUT2D eigenvalue weighted by Crippen LogP contribution is -2.13. The van der Waals surface area contributed by atoms with Crippen molar-refractivity contribution in [3.63, 3.8) is 0 Å². The molecular weight excluding hydrogens is 364 g/mol. The van der Waals surface area contributed by atoms with Gasteiger partial charge in [0.2, 0.25) is 5.91 Å². The van der Waals surface area contributed by atoms with Gasteiger partial charge in [-0.3, -0.25) is 4.79 Å². The minimum Gasteiger partial charge on any atom is -0.497 e. The third kappa shape index (κ3) is 3.96. The number of amides is 1. The quantitative estimate of drug-likeness (QED) is 0.550. The van der Waals surface area contributed by atoms with Crippen molar-refractivity contribution in [2.75, 3.05) is 7.11 Å². The number of aromatic nitrogens is 3. The standard InChI is InChI=1S/C23H22N4O2/c1-15-21-12-19(18-7-3-16(4-8-18)11-22(24)28)13-25-23(21)27(26-15)14-17-5-9-20(29-2)10-6-17/h3-10,12-13H,11,14H2,1-2H3,(H2,24,28). The first-order valence-corrected chi connectivity index (χ1v) is 9.37. The Labute approximate surface area is 168 Å². The van der Waals surface area contributed by atoms with E-state index in [0.717, 1.165) is 44.7 Å². The lowest BCUT2D eigenvalue weighted by molar-refractivity contribution is -0.117. The molecule has 0 aliphatic carbocycles. The lowest BCUT2D eigenvalue weighted by atomic mass is 10.0. The molecule has 2 aromatic carbocycles. The van der Waals surface area contributed by atoms with Crippen LogP contribution in [-0.2, 0) is 17.8 Å². The van der Waals surface area contributed by atoms with Crippen molar-refractivity contribution in [2.45, 2.75) is 19.9 Å². The first-order valence-electron chi connectivity index (χ1n) is 9.37. The van der Waals surface area contributed by atoms with Crippen molar-refractivity contribution >= 4 is 16.9 Å². The summed E-state index contributed by atoms with van der Waals surface area (Å²) in [6.45, 7) is 2.64. The molecule has 6 heteroatoms. The van der Waals surface area contributed by atoms with Gasteiger partial charge in [-0.25, -0.2) is 9.67 Å². The summed E-state index contributed by atoms with van der Waals surface area (Å²) >= 11 is 0. The van der Waals surface area contributed by atoms with Crippen molar-refractivity contribution < 1.29 is 9.53 Å². The number of benzene rings is 2. The van der Waals surface area contributed by atoms with Crippen molar-refractivity contribution in [3.8, 4) is 16.9 Å². The fourth-order valence-corrected chi connectivity index (χ4v) is 3.40. The van der Waals surface area contributed by atoms with E-state index in [2.05, 4.69) is 16.1 Å². The van der Waals surface area contributed by atoms with E-state index < -0.39 is 0 Å². The summed E-state index contributed by atoms with van der Waals surface area (Å²) in [4.78, 5) is 15.8. The van der Waals surface area contributed by atoms with Crippen LogP contribution >= 0.6 is 0 Å². The zero-order valence-corrected chi connectivity index (χ0v) is 16.4. The average molecular weight is 386 g/mol. The van der Waals surface area contributed by atoms with Gasteiger partial charge < -0.3 is 10.5 Å². The predicted molar refractivity (Wildman–Crippen MR) is 113 cm³/mol. The van der Waals surface area contributed by atoms with E-state index >= 15 is 0 Å². The monoisotopic (exact) mass is 386 g/mol. The molecule has 146 valence electrons. The number of carbonyl (C=O) groups excluding carboxylic acids is 1. The van der Waals surface area contributed by atoms with E-state index in [1.807, 2.05) is 66.3 Å². The molecule has 4 rings (SSSR count). The molecule has 0 fully saturated rings. The topological polar surface area (TPSA) is 83.0 Å². The van der Waals surface area contributed by atoms with Crippen LogP contribution in [0.4, 0.5) is 0 Å². The Morgan fingerprint density at radius 1 is 1.03 bits per heavy atom. The second-order valence-electron chi connectivity index (χ2n) is 7.03. The molecule has 0 aliphatic rings. The normalized spacial score (nSPS) is 11.0. The second-order valence-corrected chi connectivity index (χ2v) is 7.03. The Morgan fingerprint density at radius 3 is 2.38 bits per heavy atom. The van der Waals surface area contributed by atoms with Gasteiger partial charge in [-0.15, -0.1) is 0 Å². The molecule has 0 saturated heterocycles. The maximum absolute atomic E-state index is 11.1. The Balaban J connectivity index is 1.63. The second kappa shape index (κ2) is 7.75. The van der Waals surface area contributed by atoms with Gasteiger partial charge in [-0.1, -0.05) is 36.4 Å². The van der Waals surface area contributed by atoms with E-state index in [-0.39, 0.29) is 12.3 Å². The molecule has 0 aliphatic heterocycles. The van der Waals surface area contributed by atoms with Crippen molar-refractivity contribution in [1.29, 1.82) is 0 Å². The molecule has 0 saturated carbocycles. The summed E-state index contributed by atoms with van der Waals surface area (Å²) in [5.41, 5.74) is 11.1. The number of primary amides is 1. The summed E-state index contributed by atoms with van der Waals surface area (Å²) in [7, 11) is 1.66. The molecule has 0 unspecified atom stereocenters. The number of hydrogen-bond acceptors (Lipinski definition) is 4. The zero-order chi connectivity index (χ0) is 20.4. The van der Waals surface area contributed by atoms with Crippen LogP contribution < -0.4 is 10.5 Å².